The van der Waals surface area contributed by atoms with Crippen LogP contribution >= 0.6 is 0 Å². The van der Waals surface area contributed by atoms with Crippen LogP contribution in [-0.4, -0.2) is 40.7 Å². The van der Waals surface area contributed by atoms with Crippen LogP contribution in [0.1, 0.15) is 56.1 Å². The van der Waals surface area contributed by atoms with Crippen molar-refractivity contribution in [3.8, 4) is 0 Å². The van der Waals surface area contributed by atoms with E-state index in [1.54, 1.807) is 0 Å². The van der Waals surface area contributed by atoms with Gasteiger partial charge in [0.2, 0.25) is 0 Å². The first-order chi connectivity index (χ1) is 13.2. The molecule has 1 aromatic heterocycles. The highest BCUT2D eigenvalue weighted by Gasteiger charge is 2.43. The molecule has 3 atom stereocenters. The molecule has 3 aliphatic rings. The van der Waals surface area contributed by atoms with Crippen molar-refractivity contribution >= 4 is 16.9 Å². The zero-order chi connectivity index (χ0) is 18.5. The number of aryl methyl sites for hydroxylation is 1. The smallest absolute Gasteiger partial charge is 0.310 e. The van der Waals surface area contributed by atoms with Gasteiger partial charge in [0, 0.05) is 42.7 Å². The number of ether oxygens (including phenoxy) is 1. The summed E-state index contributed by atoms with van der Waals surface area (Å²) in [6, 6.07) is 7.20. The Morgan fingerprint density at radius 3 is 2.85 bits per heavy atom. The molecule has 4 nitrogen and oxygen atoms in total. The average molecular weight is 367 g/mol. The van der Waals surface area contributed by atoms with Gasteiger partial charge in [-0.15, -0.1) is 0 Å². The van der Waals surface area contributed by atoms with Crippen molar-refractivity contribution in [1.29, 1.82) is 0 Å². The maximum Gasteiger partial charge on any atom is 0.310 e. The Bertz CT molecular complexity index is 865. The predicted octanol–water partition coefficient (Wildman–Crippen LogP) is 4.01. The van der Waals surface area contributed by atoms with Crippen LogP contribution in [0.25, 0.3) is 10.9 Å². The van der Waals surface area contributed by atoms with Crippen molar-refractivity contribution in [2.45, 2.75) is 63.5 Å². The molecule has 1 saturated heterocycles. The van der Waals surface area contributed by atoms with Gasteiger partial charge < -0.3 is 9.30 Å². The van der Waals surface area contributed by atoms with Crippen LogP contribution in [0.15, 0.2) is 24.4 Å². The normalized spacial score (nSPS) is 28.4. The Labute approximate surface area is 161 Å². The van der Waals surface area contributed by atoms with E-state index >= 15 is 0 Å². The summed E-state index contributed by atoms with van der Waals surface area (Å²) in [5.74, 6) is 0.482. The van der Waals surface area contributed by atoms with Gasteiger partial charge in [0.25, 0.3) is 0 Å². The molecular formula is C23H30N2O2. The number of carbonyl (C=O) groups excluding carboxylic acids is 1. The van der Waals surface area contributed by atoms with E-state index < -0.39 is 0 Å². The highest BCUT2D eigenvalue weighted by molar-refractivity contribution is 5.89. The van der Waals surface area contributed by atoms with Gasteiger partial charge in [-0.2, -0.15) is 0 Å². The molecule has 1 aliphatic heterocycles. The van der Waals surface area contributed by atoms with E-state index in [2.05, 4.69) is 47.8 Å². The molecule has 0 bridgehead atoms. The molecule has 2 fully saturated rings. The van der Waals surface area contributed by atoms with Gasteiger partial charge in [0.15, 0.2) is 0 Å². The summed E-state index contributed by atoms with van der Waals surface area (Å²) < 4.78 is 8.16. The van der Waals surface area contributed by atoms with Crippen molar-refractivity contribution < 1.29 is 9.53 Å². The van der Waals surface area contributed by atoms with Crippen LogP contribution in [0.5, 0.6) is 0 Å². The van der Waals surface area contributed by atoms with Gasteiger partial charge in [-0.05, 0) is 62.3 Å². The molecule has 0 N–H and O–H groups in total. The van der Waals surface area contributed by atoms with Crippen molar-refractivity contribution in [3.63, 3.8) is 0 Å². The lowest BCUT2D eigenvalue weighted by atomic mass is 9.72. The summed E-state index contributed by atoms with van der Waals surface area (Å²) >= 11 is 0. The van der Waals surface area contributed by atoms with Gasteiger partial charge >= 0.3 is 5.97 Å². The van der Waals surface area contributed by atoms with Gasteiger partial charge in [0.1, 0.15) is 6.10 Å². The molecular weight excluding hydrogens is 336 g/mol. The van der Waals surface area contributed by atoms with Crippen molar-refractivity contribution in [2.75, 3.05) is 13.1 Å². The molecule has 4 heteroatoms. The van der Waals surface area contributed by atoms with Crippen molar-refractivity contribution in [2.24, 2.45) is 13.0 Å². The number of rotatable bonds is 3. The standard InChI is InChI=1S/C23H30N2O2/c1-3-25-14-16(23(26)27-17-7-4-5-8-17)11-19-18-9-6-10-20-22(18)15(12-21(19)25)13-24(20)2/h6,9-10,13,16-17,19,21H,3-5,7-8,11-12,14H2,1-2H3/t16-,19?,21-/m1/s1. The quantitative estimate of drug-likeness (QED) is 0.770. The van der Waals surface area contributed by atoms with E-state index in [0.717, 1.165) is 38.8 Å². The third kappa shape index (κ3) is 2.80. The van der Waals surface area contributed by atoms with Crippen LogP contribution in [0.4, 0.5) is 0 Å². The lowest BCUT2D eigenvalue weighted by molar-refractivity contribution is -0.156. The van der Waals surface area contributed by atoms with Gasteiger partial charge in [-0.1, -0.05) is 19.1 Å². The average Bonchev–Trinajstić information content (AvgIpc) is 3.30. The minimum Gasteiger partial charge on any atom is -0.462 e. The third-order valence-electron chi connectivity index (χ3n) is 7.21. The second-order valence-electron chi connectivity index (χ2n) is 8.75. The van der Waals surface area contributed by atoms with Crippen LogP contribution in [0, 0.1) is 5.92 Å². The van der Waals surface area contributed by atoms with E-state index in [4.69, 9.17) is 4.74 Å². The fourth-order valence-corrected chi connectivity index (χ4v) is 5.88. The fourth-order valence-electron chi connectivity index (χ4n) is 5.88. The number of likely N-dealkylation sites (N-methyl/N-ethyl adjacent to an activating group) is 1. The van der Waals surface area contributed by atoms with Gasteiger partial charge in [-0.25, -0.2) is 0 Å². The monoisotopic (exact) mass is 366 g/mol. The summed E-state index contributed by atoms with van der Waals surface area (Å²) in [7, 11) is 2.14. The van der Waals surface area contributed by atoms with Gasteiger partial charge in [0.05, 0.1) is 5.92 Å². The first-order valence-corrected chi connectivity index (χ1v) is 10.7. The second kappa shape index (κ2) is 6.66. The number of benzene rings is 1. The number of aromatic nitrogens is 1. The number of fused-ring (bicyclic) bond motifs is 2. The maximum atomic E-state index is 12.9. The summed E-state index contributed by atoms with van der Waals surface area (Å²) in [5.41, 5.74) is 4.23. The summed E-state index contributed by atoms with van der Waals surface area (Å²) in [4.78, 5) is 15.5. The number of hydrogen-bond acceptors (Lipinski definition) is 3. The number of nitrogens with zero attached hydrogens (tertiary/aromatic N) is 2. The summed E-state index contributed by atoms with van der Waals surface area (Å²) in [5, 5.41) is 1.43. The lowest BCUT2D eigenvalue weighted by Gasteiger charge is -2.46. The van der Waals surface area contributed by atoms with E-state index in [0.29, 0.717) is 12.0 Å². The summed E-state index contributed by atoms with van der Waals surface area (Å²) in [6.07, 6.45) is 9.00. The van der Waals surface area contributed by atoms with Crippen LogP contribution < -0.4 is 0 Å². The topological polar surface area (TPSA) is 34.5 Å². The number of likely N-dealkylation sites (tertiary alicyclic amines) is 1. The molecule has 27 heavy (non-hydrogen) atoms. The lowest BCUT2D eigenvalue weighted by Crippen LogP contribution is -2.51. The molecule has 2 heterocycles. The third-order valence-corrected chi connectivity index (χ3v) is 7.21. The maximum absolute atomic E-state index is 12.9. The zero-order valence-electron chi connectivity index (χ0n) is 16.5. The Kier molecular flexibility index (Phi) is 4.27. The highest BCUT2D eigenvalue weighted by atomic mass is 16.5. The SMILES string of the molecule is CCN1C[C@H](C(=O)OC2CCCC2)CC2c3cccc4c3c(cn4C)C[C@H]21. The Morgan fingerprint density at radius 2 is 2.07 bits per heavy atom. The highest BCUT2D eigenvalue weighted by Crippen LogP contribution is 2.45. The molecule has 0 amide bonds. The number of hydrogen-bond donors (Lipinski definition) is 0. The second-order valence-corrected chi connectivity index (χ2v) is 8.75. The first-order valence-electron chi connectivity index (χ1n) is 10.7. The molecule has 1 unspecified atom stereocenters. The van der Waals surface area contributed by atoms with Crippen LogP contribution in [0.2, 0.25) is 0 Å². The molecule has 5 rings (SSSR count). The molecule has 0 radical (unpaired) electrons. The van der Waals surface area contributed by atoms with E-state index in [-0.39, 0.29) is 18.0 Å². The van der Waals surface area contributed by atoms with E-state index in [9.17, 15) is 4.79 Å². The van der Waals surface area contributed by atoms with E-state index in [1.165, 1.54) is 34.9 Å². The molecule has 0 spiro atoms. The Hall–Kier alpha value is -1.81. The van der Waals surface area contributed by atoms with Crippen molar-refractivity contribution in [3.05, 3.63) is 35.5 Å². The van der Waals surface area contributed by atoms with Crippen LogP contribution in [-0.2, 0) is 23.0 Å². The molecule has 2 aliphatic carbocycles. The predicted molar refractivity (Wildman–Crippen MR) is 107 cm³/mol. The van der Waals surface area contributed by atoms with Gasteiger partial charge in [-0.3, -0.25) is 9.69 Å². The molecule has 2 aromatic rings. The number of esters is 1. The number of carbonyl (C=O) groups is 1. The van der Waals surface area contributed by atoms with E-state index in [1.807, 2.05) is 0 Å². The minimum atomic E-state index is 0.00678. The minimum absolute atomic E-state index is 0.00678. The van der Waals surface area contributed by atoms with Crippen LogP contribution in [0.3, 0.4) is 0 Å². The number of piperidine rings is 1. The largest absolute Gasteiger partial charge is 0.462 e. The van der Waals surface area contributed by atoms with Crippen molar-refractivity contribution in [1.82, 2.24) is 9.47 Å². The Balaban J connectivity index is 1.47. The summed E-state index contributed by atoms with van der Waals surface area (Å²) in [6.45, 7) is 4.07. The Morgan fingerprint density at radius 1 is 1.26 bits per heavy atom. The molecule has 1 aromatic carbocycles. The zero-order valence-corrected chi connectivity index (χ0v) is 16.5. The molecule has 144 valence electrons. The first kappa shape index (κ1) is 17.3. The molecule has 1 saturated carbocycles. The fraction of sp³-hybridized carbons (Fsp3) is 0.609.